The highest BCUT2D eigenvalue weighted by Gasteiger charge is 2.11. The van der Waals surface area contributed by atoms with Gasteiger partial charge in [0.2, 0.25) is 0 Å². The predicted octanol–water partition coefficient (Wildman–Crippen LogP) is 0.629. The first-order valence-electron chi connectivity index (χ1n) is 3.16. The number of nitrogens with two attached hydrogens (primary N) is 1. The Morgan fingerprint density at radius 2 is 2.14 bits per heavy atom. The number of rotatable bonds is 3. The molecule has 0 saturated heterocycles. The van der Waals surface area contributed by atoms with Gasteiger partial charge in [-0.3, -0.25) is 4.79 Å². The molecule has 0 spiro atoms. The lowest BCUT2D eigenvalue weighted by Gasteiger charge is -2.02. The molecule has 0 aromatic carbocycles. The smallest absolute Gasteiger partial charge is 0.320 e. The summed E-state index contributed by atoms with van der Waals surface area (Å²) < 4.78 is 0. The molecule has 1 unspecified atom stereocenters. The molecule has 0 amide bonds. The average molecular weight is 265 g/mol. The van der Waals surface area contributed by atoms with Gasteiger partial charge in [-0.25, -0.2) is 4.98 Å². The van der Waals surface area contributed by atoms with E-state index in [-0.39, 0.29) is 43.6 Å². The summed E-state index contributed by atoms with van der Waals surface area (Å²) in [7, 11) is 0. The van der Waals surface area contributed by atoms with Gasteiger partial charge in [-0.2, -0.15) is 0 Å². The maximum absolute atomic E-state index is 10.3. The molecule has 0 radical (unpaired) electrons. The zero-order valence-corrected chi connectivity index (χ0v) is 9.49. The minimum absolute atomic E-state index is 0. The Kier molecular flexibility index (Phi) is 12.4. The van der Waals surface area contributed by atoms with Crippen LogP contribution in [-0.4, -0.2) is 27.1 Å². The third-order valence-electron chi connectivity index (χ3n) is 1.31. The van der Waals surface area contributed by atoms with Crippen LogP contribution in [0.1, 0.15) is 5.69 Å². The molecule has 5 nitrogen and oxygen atoms in total. The lowest BCUT2D eigenvalue weighted by molar-refractivity contribution is -0.138. The van der Waals surface area contributed by atoms with Crippen molar-refractivity contribution >= 4 is 43.2 Å². The molecule has 84 valence electrons. The van der Waals surface area contributed by atoms with Crippen LogP contribution in [0.4, 0.5) is 0 Å². The fraction of sp³-hybridized carbons (Fsp3) is 0.333. The van der Waals surface area contributed by atoms with Gasteiger partial charge < -0.3 is 15.8 Å². The van der Waals surface area contributed by atoms with Gasteiger partial charge in [0, 0.05) is 18.3 Å². The van der Waals surface area contributed by atoms with Gasteiger partial charge in [0.15, 0.2) is 0 Å². The lowest BCUT2D eigenvalue weighted by Crippen LogP contribution is -2.32. The van der Waals surface area contributed by atoms with E-state index in [2.05, 4.69) is 9.97 Å². The van der Waals surface area contributed by atoms with E-state index < -0.39 is 12.0 Å². The van der Waals surface area contributed by atoms with Gasteiger partial charge in [-0.15, -0.1) is 37.2 Å². The molecule has 14 heavy (non-hydrogen) atoms. The van der Waals surface area contributed by atoms with E-state index >= 15 is 0 Å². The number of H-pyrrole nitrogens is 1. The largest absolute Gasteiger partial charge is 0.480 e. The minimum Gasteiger partial charge on any atom is -0.480 e. The lowest BCUT2D eigenvalue weighted by atomic mass is 10.2. The van der Waals surface area contributed by atoms with Crippen molar-refractivity contribution < 1.29 is 9.90 Å². The normalized spacial score (nSPS) is 10.1. The summed E-state index contributed by atoms with van der Waals surface area (Å²) in [6, 6.07) is -0.851. The molecular formula is C6H12Cl3N3O2. The molecular weight excluding hydrogens is 252 g/mol. The molecule has 4 N–H and O–H groups in total. The molecule has 0 aliphatic heterocycles. The standard InChI is InChI=1S/C6H9N3O2.3ClH/c7-5(6(10)11)1-4-2-8-3-9-4;;;/h2-3,5H,1,7H2,(H,8,9)(H,10,11);3*1H. The number of nitrogens with zero attached hydrogens (tertiary/aromatic N) is 1. The van der Waals surface area contributed by atoms with Crippen LogP contribution in [0.5, 0.6) is 0 Å². The Bertz CT molecular complexity index is 242. The number of carboxylic acid groups (broad SMARTS) is 1. The van der Waals surface area contributed by atoms with Crippen LogP contribution in [0, 0.1) is 0 Å². The first-order chi connectivity index (χ1) is 5.20. The van der Waals surface area contributed by atoms with E-state index in [4.69, 9.17) is 10.8 Å². The number of aliphatic carboxylic acids is 1. The fourth-order valence-corrected chi connectivity index (χ4v) is 0.721. The van der Waals surface area contributed by atoms with E-state index in [1.807, 2.05) is 0 Å². The van der Waals surface area contributed by atoms with E-state index in [1.54, 1.807) is 6.20 Å². The number of hydrogen-bond acceptors (Lipinski definition) is 3. The summed E-state index contributed by atoms with van der Waals surface area (Å²) in [6.45, 7) is 0. The minimum atomic E-state index is -1.00. The van der Waals surface area contributed by atoms with Crippen LogP contribution in [0.3, 0.4) is 0 Å². The molecule has 0 saturated carbocycles. The molecule has 1 heterocycles. The predicted molar refractivity (Wildman–Crippen MR) is 59.6 cm³/mol. The topological polar surface area (TPSA) is 92.0 Å². The van der Waals surface area contributed by atoms with Crippen molar-refractivity contribution in [3.05, 3.63) is 18.2 Å². The number of carbonyl (C=O) groups is 1. The number of aromatic nitrogens is 2. The second-order valence-corrected chi connectivity index (χ2v) is 2.23. The molecule has 1 aromatic rings. The third kappa shape index (κ3) is 6.04. The van der Waals surface area contributed by atoms with Crippen LogP contribution < -0.4 is 5.73 Å². The highest BCUT2D eigenvalue weighted by molar-refractivity contribution is 5.86. The summed E-state index contributed by atoms with van der Waals surface area (Å²) in [6.07, 6.45) is 3.34. The molecule has 0 aliphatic carbocycles. The number of imidazole rings is 1. The third-order valence-corrected chi connectivity index (χ3v) is 1.31. The summed E-state index contributed by atoms with van der Waals surface area (Å²) in [5.74, 6) is -1.00. The SMILES string of the molecule is Cl.Cl.Cl.NC(Cc1cnc[nH]1)C(=O)O. The Labute approximate surface area is 99.7 Å². The number of nitrogens with one attached hydrogen (secondary N) is 1. The molecule has 0 fully saturated rings. The van der Waals surface area contributed by atoms with Crippen molar-refractivity contribution in [2.45, 2.75) is 12.5 Å². The van der Waals surface area contributed by atoms with Gasteiger partial charge >= 0.3 is 5.97 Å². The van der Waals surface area contributed by atoms with Gasteiger partial charge in [0.25, 0.3) is 0 Å². The number of aromatic amines is 1. The molecule has 1 aromatic heterocycles. The monoisotopic (exact) mass is 263 g/mol. The Hall–Kier alpha value is -0.490. The Morgan fingerprint density at radius 1 is 1.57 bits per heavy atom. The molecule has 8 heteroatoms. The zero-order valence-electron chi connectivity index (χ0n) is 7.04. The Balaban J connectivity index is -0.000000403. The van der Waals surface area contributed by atoms with Crippen LogP contribution >= 0.6 is 37.2 Å². The average Bonchev–Trinajstić information content (AvgIpc) is 2.39. The fourth-order valence-electron chi connectivity index (χ4n) is 0.721. The van der Waals surface area contributed by atoms with Crippen LogP contribution in [0.2, 0.25) is 0 Å². The van der Waals surface area contributed by atoms with Crippen molar-refractivity contribution in [2.75, 3.05) is 0 Å². The highest BCUT2D eigenvalue weighted by Crippen LogP contribution is 1.95. The van der Waals surface area contributed by atoms with E-state index in [1.165, 1.54) is 6.33 Å². The maximum Gasteiger partial charge on any atom is 0.320 e. The quantitative estimate of drug-likeness (QED) is 0.746. The van der Waals surface area contributed by atoms with Gasteiger partial charge in [-0.05, 0) is 0 Å². The van der Waals surface area contributed by atoms with E-state index in [0.29, 0.717) is 0 Å². The van der Waals surface area contributed by atoms with Crippen molar-refractivity contribution in [1.82, 2.24) is 9.97 Å². The van der Waals surface area contributed by atoms with Gasteiger partial charge in [0.1, 0.15) is 6.04 Å². The summed E-state index contributed by atoms with van der Waals surface area (Å²) >= 11 is 0. The summed E-state index contributed by atoms with van der Waals surface area (Å²) in [5.41, 5.74) is 6.00. The van der Waals surface area contributed by atoms with Crippen LogP contribution in [-0.2, 0) is 11.2 Å². The second-order valence-electron chi connectivity index (χ2n) is 2.23. The maximum atomic E-state index is 10.3. The van der Waals surface area contributed by atoms with Gasteiger partial charge in [-0.1, -0.05) is 0 Å². The Morgan fingerprint density at radius 3 is 2.50 bits per heavy atom. The van der Waals surface area contributed by atoms with Crippen LogP contribution in [0.15, 0.2) is 12.5 Å². The van der Waals surface area contributed by atoms with E-state index in [0.717, 1.165) is 5.69 Å². The van der Waals surface area contributed by atoms with Gasteiger partial charge in [0.05, 0.1) is 6.33 Å². The summed E-state index contributed by atoms with van der Waals surface area (Å²) in [5, 5.41) is 8.42. The number of carboxylic acids is 1. The molecule has 1 atom stereocenters. The number of hydrogen-bond donors (Lipinski definition) is 3. The van der Waals surface area contributed by atoms with Crippen molar-refractivity contribution in [3.8, 4) is 0 Å². The van der Waals surface area contributed by atoms with Crippen molar-refractivity contribution in [2.24, 2.45) is 5.73 Å². The highest BCUT2D eigenvalue weighted by atomic mass is 35.5. The first kappa shape index (κ1) is 19.1. The molecule has 1 rings (SSSR count). The van der Waals surface area contributed by atoms with E-state index in [9.17, 15) is 4.79 Å². The molecule has 0 bridgehead atoms. The molecule has 0 aliphatic rings. The zero-order chi connectivity index (χ0) is 8.27. The summed E-state index contributed by atoms with van der Waals surface area (Å²) in [4.78, 5) is 16.8. The van der Waals surface area contributed by atoms with Crippen LogP contribution in [0.25, 0.3) is 0 Å². The second kappa shape index (κ2) is 9.08. The first-order valence-corrected chi connectivity index (χ1v) is 3.16. The van der Waals surface area contributed by atoms with Crippen molar-refractivity contribution in [1.29, 1.82) is 0 Å². The van der Waals surface area contributed by atoms with Crippen molar-refractivity contribution in [3.63, 3.8) is 0 Å². The number of halogens is 3.